The molecule has 0 aromatic carbocycles. The Morgan fingerprint density at radius 1 is 1.03 bits per heavy atom. The number of rotatable bonds is 4. The minimum absolute atomic E-state index is 0.0899. The highest BCUT2D eigenvalue weighted by molar-refractivity contribution is 6.08. The molecule has 0 atom stereocenters. The van der Waals surface area contributed by atoms with Crippen molar-refractivity contribution in [2.24, 2.45) is 5.92 Å². The second-order valence-electron chi connectivity index (χ2n) is 7.90. The topological polar surface area (TPSA) is 75.6 Å². The van der Waals surface area contributed by atoms with Crippen molar-refractivity contribution in [2.45, 2.75) is 26.2 Å². The molecule has 30 heavy (non-hydrogen) atoms. The summed E-state index contributed by atoms with van der Waals surface area (Å²) in [6, 6.07) is 9.10. The van der Waals surface area contributed by atoms with Crippen LogP contribution in [0.3, 0.4) is 0 Å². The van der Waals surface area contributed by atoms with Gasteiger partial charge in [0.15, 0.2) is 0 Å². The first-order valence-electron chi connectivity index (χ1n) is 10.7. The molecule has 2 fully saturated rings. The number of carbonyl (C=O) groups excluding carboxylic acids is 2. The largest absolute Gasteiger partial charge is 0.381 e. The summed E-state index contributed by atoms with van der Waals surface area (Å²) in [4.78, 5) is 38.8. The third-order valence-corrected chi connectivity index (χ3v) is 5.92. The average Bonchev–Trinajstić information content (AvgIpc) is 3.05. The second-order valence-corrected chi connectivity index (χ2v) is 7.90. The summed E-state index contributed by atoms with van der Waals surface area (Å²) in [7, 11) is 0. The molecule has 0 radical (unpaired) electrons. The Bertz CT molecular complexity index is 911. The van der Waals surface area contributed by atoms with E-state index in [-0.39, 0.29) is 17.6 Å². The summed E-state index contributed by atoms with van der Waals surface area (Å²) >= 11 is 0. The highest BCUT2D eigenvalue weighted by Crippen LogP contribution is 2.21. The molecule has 2 aromatic heterocycles. The van der Waals surface area contributed by atoms with Gasteiger partial charge < -0.3 is 14.5 Å². The van der Waals surface area contributed by atoms with E-state index in [1.54, 1.807) is 24.4 Å². The number of carbonyl (C=O) groups is 2. The minimum atomic E-state index is -0.117. The Kier molecular flexibility index (Phi) is 6.38. The van der Waals surface area contributed by atoms with Crippen molar-refractivity contribution < 1.29 is 14.3 Å². The fourth-order valence-corrected chi connectivity index (χ4v) is 4.16. The van der Waals surface area contributed by atoms with Gasteiger partial charge in [-0.1, -0.05) is 6.07 Å². The van der Waals surface area contributed by atoms with Crippen LogP contribution in [0.1, 0.15) is 41.0 Å². The molecule has 7 nitrogen and oxygen atoms in total. The number of aromatic nitrogens is 2. The standard InChI is InChI=1S/C23H28N4O3/c1-17-19(5-3-10-24-17)22(28)20-6-2-7-21(25-20)26-11-4-12-27(14-13-26)23(29)18-8-15-30-16-9-18/h2-3,5-7,10,18H,4,8-9,11-16H2,1H3. The zero-order chi connectivity index (χ0) is 20.9. The smallest absolute Gasteiger partial charge is 0.225 e. The van der Waals surface area contributed by atoms with Gasteiger partial charge in [-0.2, -0.15) is 0 Å². The predicted octanol–water partition coefficient (Wildman–Crippen LogP) is 2.48. The summed E-state index contributed by atoms with van der Waals surface area (Å²) in [5.74, 6) is 1.01. The van der Waals surface area contributed by atoms with Gasteiger partial charge in [0.1, 0.15) is 11.5 Å². The molecule has 0 aliphatic carbocycles. The summed E-state index contributed by atoms with van der Waals surface area (Å²) in [5.41, 5.74) is 1.70. The molecule has 2 aliphatic heterocycles. The number of amides is 1. The van der Waals surface area contributed by atoms with Crippen molar-refractivity contribution >= 4 is 17.5 Å². The predicted molar refractivity (Wildman–Crippen MR) is 114 cm³/mol. The van der Waals surface area contributed by atoms with Crippen LogP contribution in [0, 0.1) is 12.8 Å². The third-order valence-electron chi connectivity index (χ3n) is 5.92. The van der Waals surface area contributed by atoms with E-state index in [0.717, 1.165) is 38.2 Å². The van der Waals surface area contributed by atoms with E-state index in [1.807, 2.05) is 24.0 Å². The van der Waals surface area contributed by atoms with Gasteiger partial charge in [-0.05, 0) is 50.5 Å². The Morgan fingerprint density at radius 2 is 1.87 bits per heavy atom. The van der Waals surface area contributed by atoms with Crippen LogP contribution in [-0.4, -0.2) is 66.0 Å². The number of nitrogens with zero attached hydrogens (tertiary/aromatic N) is 4. The summed E-state index contributed by atoms with van der Waals surface area (Å²) in [6.07, 6.45) is 4.20. The van der Waals surface area contributed by atoms with Crippen LogP contribution in [0.4, 0.5) is 5.82 Å². The Balaban J connectivity index is 1.45. The minimum Gasteiger partial charge on any atom is -0.381 e. The van der Waals surface area contributed by atoms with E-state index in [0.29, 0.717) is 43.3 Å². The summed E-state index contributed by atoms with van der Waals surface area (Å²) in [6.45, 7) is 6.16. The molecular weight excluding hydrogens is 380 g/mol. The van der Waals surface area contributed by atoms with Gasteiger partial charge in [0.25, 0.3) is 0 Å². The first kappa shape index (κ1) is 20.5. The van der Waals surface area contributed by atoms with E-state index in [4.69, 9.17) is 4.74 Å². The number of hydrogen-bond donors (Lipinski definition) is 0. The molecule has 2 saturated heterocycles. The lowest BCUT2D eigenvalue weighted by molar-refractivity contribution is -0.138. The van der Waals surface area contributed by atoms with Gasteiger partial charge in [0.05, 0.1) is 0 Å². The maximum Gasteiger partial charge on any atom is 0.225 e. The molecule has 4 rings (SSSR count). The van der Waals surface area contributed by atoms with E-state index < -0.39 is 0 Å². The number of anilines is 1. The second kappa shape index (κ2) is 9.34. The quantitative estimate of drug-likeness (QED) is 0.724. The van der Waals surface area contributed by atoms with Crippen molar-refractivity contribution in [1.82, 2.24) is 14.9 Å². The molecule has 0 N–H and O–H groups in total. The maximum absolute atomic E-state index is 12.9. The number of aryl methyl sites for hydroxylation is 1. The lowest BCUT2D eigenvalue weighted by atomic mass is 9.98. The Labute approximate surface area is 177 Å². The van der Waals surface area contributed by atoms with Crippen LogP contribution in [-0.2, 0) is 9.53 Å². The van der Waals surface area contributed by atoms with Crippen molar-refractivity contribution in [3.05, 3.63) is 53.5 Å². The zero-order valence-electron chi connectivity index (χ0n) is 17.4. The third kappa shape index (κ3) is 4.51. The van der Waals surface area contributed by atoms with Gasteiger partial charge in [-0.25, -0.2) is 4.98 Å². The molecule has 2 aliphatic rings. The van der Waals surface area contributed by atoms with Crippen LogP contribution in [0.5, 0.6) is 0 Å². The SMILES string of the molecule is Cc1ncccc1C(=O)c1cccc(N2CCCN(C(=O)C3CCOCC3)CC2)n1. The first-order valence-corrected chi connectivity index (χ1v) is 10.7. The highest BCUT2D eigenvalue weighted by atomic mass is 16.5. The molecular formula is C23H28N4O3. The molecule has 0 bridgehead atoms. The first-order chi connectivity index (χ1) is 14.6. The average molecular weight is 409 g/mol. The van der Waals surface area contributed by atoms with Crippen molar-refractivity contribution in [3.63, 3.8) is 0 Å². The van der Waals surface area contributed by atoms with Gasteiger partial charge in [-0.3, -0.25) is 14.6 Å². The number of ketones is 1. The lowest BCUT2D eigenvalue weighted by Crippen LogP contribution is -2.40. The van der Waals surface area contributed by atoms with E-state index in [9.17, 15) is 9.59 Å². The van der Waals surface area contributed by atoms with Crippen LogP contribution in [0.2, 0.25) is 0 Å². The maximum atomic E-state index is 12.9. The van der Waals surface area contributed by atoms with Gasteiger partial charge in [0, 0.05) is 62.8 Å². The molecule has 0 spiro atoms. The fraction of sp³-hybridized carbons (Fsp3) is 0.478. The summed E-state index contributed by atoms with van der Waals surface area (Å²) in [5, 5.41) is 0. The Morgan fingerprint density at radius 3 is 2.67 bits per heavy atom. The van der Waals surface area contributed by atoms with Crippen molar-refractivity contribution in [3.8, 4) is 0 Å². The molecule has 7 heteroatoms. The normalized spacial score (nSPS) is 18.2. The molecule has 4 heterocycles. The molecule has 0 saturated carbocycles. The summed E-state index contributed by atoms with van der Waals surface area (Å²) < 4.78 is 5.39. The molecule has 1 amide bonds. The number of hydrogen-bond acceptors (Lipinski definition) is 6. The van der Waals surface area contributed by atoms with Crippen LogP contribution < -0.4 is 4.90 Å². The fourth-order valence-electron chi connectivity index (χ4n) is 4.16. The Hall–Kier alpha value is -2.80. The van der Waals surface area contributed by atoms with Crippen molar-refractivity contribution in [1.29, 1.82) is 0 Å². The van der Waals surface area contributed by atoms with E-state index >= 15 is 0 Å². The molecule has 2 aromatic rings. The van der Waals surface area contributed by atoms with Crippen LogP contribution >= 0.6 is 0 Å². The highest BCUT2D eigenvalue weighted by Gasteiger charge is 2.28. The van der Waals surface area contributed by atoms with Crippen LogP contribution in [0.25, 0.3) is 0 Å². The van der Waals surface area contributed by atoms with Gasteiger partial charge in [-0.15, -0.1) is 0 Å². The van der Waals surface area contributed by atoms with Crippen molar-refractivity contribution in [2.75, 3.05) is 44.3 Å². The number of pyridine rings is 2. The monoisotopic (exact) mass is 408 g/mol. The number of ether oxygens (including phenoxy) is 1. The molecule has 0 unspecified atom stereocenters. The van der Waals surface area contributed by atoms with E-state index in [1.165, 1.54) is 0 Å². The van der Waals surface area contributed by atoms with Crippen LogP contribution in [0.15, 0.2) is 36.5 Å². The van der Waals surface area contributed by atoms with E-state index in [2.05, 4.69) is 14.9 Å². The lowest BCUT2D eigenvalue weighted by Gasteiger charge is -2.28. The van der Waals surface area contributed by atoms with Gasteiger partial charge >= 0.3 is 0 Å². The van der Waals surface area contributed by atoms with Gasteiger partial charge in [0.2, 0.25) is 11.7 Å². The molecule has 158 valence electrons. The zero-order valence-corrected chi connectivity index (χ0v) is 17.4.